The molecule has 7 heteroatoms. The summed E-state index contributed by atoms with van der Waals surface area (Å²) >= 11 is 0. The average Bonchev–Trinajstić information content (AvgIpc) is 2.85. The zero-order valence-electron chi connectivity index (χ0n) is 21.0. The van der Waals surface area contributed by atoms with Gasteiger partial charge in [-0.25, -0.2) is 9.59 Å². The van der Waals surface area contributed by atoms with Crippen molar-refractivity contribution < 1.29 is 28.5 Å². The lowest BCUT2D eigenvalue weighted by Crippen LogP contribution is -2.48. The molecule has 1 heterocycles. The Hall–Kier alpha value is -2.90. The van der Waals surface area contributed by atoms with Gasteiger partial charge in [0.05, 0.1) is 6.61 Å². The minimum atomic E-state index is -0.877. The number of carbonyl (C=O) groups excluding carboxylic acids is 2. The Morgan fingerprint density at radius 1 is 1.00 bits per heavy atom. The highest BCUT2D eigenvalue weighted by atomic mass is 16.7. The van der Waals surface area contributed by atoms with Crippen molar-refractivity contribution in [2.24, 2.45) is 0 Å². The molecule has 190 valence electrons. The molecule has 1 saturated heterocycles. The lowest BCUT2D eigenvalue weighted by Gasteiger charge is -2.33. The lowest BCUT2D eigenvalue weighted by molar-refractivity contribution is -0.169. The summed E-state index contributed by atoms with van der Waals surface area (Å²) in [6, 6.07) is 18.1. The molecular weight excluding hydrogens is 446 g/mol. The second-order valence-electron chi connectivity index (χ2n) is 9.66. The molecule has 2 aromatic rings. The summed E-state index contributed by atoms with van der Waals surface area (Å²) in [4.78, 5) is 28.1. The Bertz CT molecular complexity index is 906. The van der Waals surface area contributed by atoms with Gasteiger partial charge in [0, 0.05) is 19.6 Å². The number of nitrogens with zero attached hydrogens (tertiary/aromatic N) is 1. The van der Waals surface area contributed by atoms with Crippen molar-refractivity contribution in [1.29, 1.82) is 0 Å². The standard InChI is InChI=1S/C28H37NO6/c1-28(2,3)35-27(31)29(20-22-12-6-4-7-13-22)24(17-19-33-25-16-10-11-18-32-25)26(30)34-21-23-14-8-5-9-15-23/h4-9,12-15,24-25H,10-11,16-21H2,1-3H3/t24-,25?/m0/s1. The van der Waals surface area contributed by atoms with E-state index in [9.17, 15) is 9.59 Å². The zero-order chi connectivity index (χ0) is 25.1. The van der Waals surface area contributed by atoms with Crippen LogP contribution in [0.1, 0.15) is 57.6 Å². The van der Waals surface area contributed by atoms with Crippen molar-refractivity contribution in [3.63, 3.8) is 0 Å². The van der Waals surface area contributed by atoms with Crippen molar-refractivity contribution in [3.8, 4) is 0 Å². The quantitative estimate of drug-likeness (QED) is 0.417. The van der Waals surface area contributed by atoms with Crippen LogP contribution in [0.25, 0.3) is 0 Å². The van der Waals surface area contributed by atoms with E-state index < -0.39 is 23.7 Å². The molecule has 3 rings (SSSR count). The monoisotopic (exact) mass is 483 g/mol. The van der Waals surface area contributed by atoms with Crippen LogP contribution in [0.5, 0.6) is 0 Å². The molecule has 0 radical (unpaired) electrons. The normalized spacial score (nSPS) is 16.8. The van der Waals surface area contributed by atoms with Crippen LogP contribution in [0.3, 0.4) is 0 Å². The molecule has 2 aromatic carbocycles. The van der Waals surface area contributed by atoms with E-state index in [1.807, 2.05) is 60.7 Å². The largest absolute Gasteiger partial charge is 0.459 e. The maximum Gasteiger partial charge on any atom is 0.411 e. The van der Waals surface area contributed by atoms with Gasteiger partial charge in [0.15, 0.2) is 6.29 Å². The Kier molecular flexibility index (Phi) is 10.1. The van der Waals surface area contributed by atoms with Crippen molar-refractivity contribution in [2.75, 3.05) is 13.2 Å². The van der Waals surface area contributed by atoms with Gasteiger partial charge in [-0.15, -0.1) is 0 Å². The van der Waals surface area contributed by atoms with Crippen LogP contribution < -0.4 is 0 Å². The van der Waals surface area contributed by atoms with E-state index in [4.69, 9.17) is 18.9 Å². The summed E-state index contributed by atoms with van der Waals surface area (Å²) in [7, 11) is 0. The third-order valence-electron chi connectivity index (χ3n) is 5.53. The fourth-order valence-corrected chi connectivity index (χ4v) is 3.78. The number of esters is 1. The Morgan fingerprint density at radius 2 is 1.66 bits per heavy atom. The Morgan fingerprint density at radius 3 is 2.26 bits per heavy atom. The topological polar surface area (TPSA) is 74.3 Å². The zero-order valence-corrected chi connectivity index (χ0v) is 21.0. The number of carbonyl (C=O) groups is 2. The highest BCUT2D eigenvalue weighted by molar-refractivity contribution is 5.81. The molecule has 1 unspecified atom stereocenters. The number of hydrogen-bond donors (Lipinski definition) is 0. The van der Waals surface area contributed by atoms with Gasteiger partial charge in [0.2, 0.25) is 0 Å². The molecule has 7 nitrogen and oxygen atoms in total. The molecule has 1 amide bonds. The minimum Gasteiger partial charge on any atom is -0.459 e. The highest BCUT2D eigenvalue weighted by Crippen LogP contribution is 2.20. The van der Waals surface area contributed by atoms with Crippen LogP contribution in [0.4, 0.5) is 4.79 Å². The Balaban J connectivity index is 1.77. The first-order chi connectivity index (χ1) is 16.8. The number of ether oxygens (including phenoxy) is 4. The molecule has 1 fully saturated rings. The summed E-state index contributed by atoms with van der Waals surface area (Å²) in [5.74, 6) is -0.496. The first-order valence-corrected chi connectivity index (χ1v) is 12.3. The highest BCUT2D eigenvalue weighted by Gasteiger charge is 2.34. The van der Waals surface area contributed by atoms with Gasteiger partial charge in [-0.05, 0) is 51.2 Å². The predicted octanol–water partition coefficient (Wildman–Crippen LogP) is 5.47. The van der Waals surface area contributed by atoms with Gasteiger partial charge < -0.3 is 18.9 Å². The van der Waals surface area contributed by atoms with Gasteiger partial charge in [-0.1, -0.05) is 60.7 Å². The number of benzene rings is 2. The summed E-state index contributed by atoms with van der Waals surface area (Å²) in [5, 5.41) is 0. The van der Waals surface area contributed by atoms with Crippen LogP contribution in [-0.4, -0.2) is 48.1 Å². The molecule has 0 N–H and O–H groups in total. The minimum absolute atomic E-state index is 0.121. The predicted molar refractivity (Wildman–Crippen MR) is 132 cm³/mol. The maximum atomic E-state index is 13.3. The van der Waals surface area contributed by atoms with Crippen molar-refractivity contribution in [3.05, 3.63) is 71.8 Å². The molecule has 35 heavy (non-hydrogen) atoms. The molecule has 0 saturated carbocycles. The van der Waals surface area contributed by atoms with E-state index in [1.54, 1.807) is 20.8 Å². The second-order valence-corrected chi connectivity index (χ2v) is 9.66. The van der Waals surface area contributed by atoms with Gasteiger partial charge >= 0.3 is 12.1 Å². The molecule has 0 spiro atoms. The third kappa shape index (κ3) is 9.34. The van der Waals surface area contributed by atoms with Gasteiger partial charge in [0.1, 0.15) is 18.2 Å². The number of amides is 1. The summed E-state index contributed by atoms with van der Waals surface area (Å²) in [6.07, 6.45) is 2.30. The SMILES string of the molecule is CC(C)(C)OC(=O)N(Cc1ccccc1)[C@@H](CCOC1CCCCO1)C(=O)OCc1ccccc1. The summed E-state index contributed by atoms with van der Waals surface area (Å²) in [6.45, 7) is 6.67. The van der Waals surface area contributed by atoms with Crippen molar-refractivity contribution >= 4 is 12.1 Å². The van der Waals surface area contributed by atoms with Crippen LogP contribution >= 0.6 is 0 Å². The first-order valence-electron chi connectivity index (χ1n) is 12.3. The molecule has 0 aliphatic carbocycles. The summed E-state index contributed by atoms with van der Waals surface area (Å²) < 4.78 is 22.9. The average molecular weight is 484 g/mol. The van der Waals surface area contributed by atoms with E-state index in [1.165, 1.54) is 4.90 Å². The van der Waals surface area contributed by atoms with E-state index in [-0.39, 0.29) is 32.5 Å². The molecule has 0 aromatic heterocycles. The number of hydrogen-bond acceptors (Lipinski definition) is 6. The molecular formula is C28H37NO6. The van der Waals surface area contributed by atoms with E-state index in [0.29, 0.717) is 6.61 Å². The van der Waals surface area contributed by atoms with Gasteiger partial charge in [-0.2, -0.15) is 0 Å². The Labute approximate surface area is 208 Å². The number of rotatable bonds is 10. The van der Waals surface area contributed by atoms with Crippen molar-refractivity contribution in [1.82, 2.24) is 4.90 Å². The fourth-order valence-electron chi connectivity index (χ4n) is 3.78. The fraction of sp³-hybridized carbons (Fsp3) is 0.500. The molecule has 1 aliphatic heterocycles. The molecule has 0 bridgehead atoms. The smallest absolute Gasteiger partial charge is 0.411 e. The van der Waals surface area contributed by atoms with E-state index >= 15 is 0 Å². The van der Waals surface area contributed by atoms with E-state index in [0.717, 1.165) is 30.4 Å². The first kappa shape index (κ1) is 26.7. The lowest BCUT2D eigenvalue weighted by atomic mass is 10.1. The van der Waals surface area contributed by atoms with Crippen LogP contribution in [0.15, 0.2) is 60.7 Å². The van der Waals surface area contributed by atoms with Gasteiger partial charge in [0.25, 0.3) is 0 Å². The van der Waals surface area contributed by atoms with Crippen LogP contribution in [0, 0.1) is 0 Å². The van der Waals surface area contributed by atoms with Crippen molar-refractivity contribution in [2.45, 2.75) is 77.5 Å². The molecule has 1 aliphatic rings. The van der Waals surface area contributed by atoms with Crippen LogP contribution in [0.2, 0.25) is 0 Å². The van der Waals surface area contributed by atoms with Gasteiger partial charge in [-0.3, -0.25) is 4.90 Å². The maximum absolute atomic E-state index is 13.3. The second kappa shape index (κ2) is 13.3. The van der Waals surface area contributed by atoms with E-state index in [2.05, 4.69) is 0 Å². The summed E-state index contributed by atoms with van der Waals surface area (Å²) in [5.41, 5.74) is 1.05. The molecule has 2 atom stereocenters. The third-order valence-corrected chi connectivity index (χ3v) is 5.53. The van der Waals surface area contributed by atoms with Crippen LogP contribution in [-0.2, 0) is 36.9 Å².